The molecule has 0 aromatic carbocycles. The van der Waals surface area contributed by atoms with Crippen LogP contribution in [0.2, 0.25) is 5.15 Å². The fraction of sp³-hybridized carbons (Fsp3) is 0.571. The Morgan fingerprint density at radius 2 is 2.14 bits per heavy atom. The first-order valence-corrected chi connectivity index (χ1v) is 9.49. The number of aromatic nitrogens is 2. The lowest BCUT2D eigenvalue weighted by Crippen LogP contribution is -2.22. The summed E-state index contributed by atoms with van der Waals surface area (Å²) in [7, 11) is -3.00. The van der Waals surface area contributed by atoms with Gasteiger partial charge in [-0.1, -0.05) is 11.6 Å². The van der Waals surface area contributed by atoms with Gasteiger partial charge in [0.25, 0.3) is 0 Å². The van der Waals surface area contributed by atoms with Crippen molar-refractivity contribution in [3.8, 4) is 0 Å². The van der Waals surface area contributed by atoms with Crippen molar-refractivity contribution in [2.75, 3.05) is 11.5 Å². The molecule has 1 saturated carbocycles. The number of halogens is 1. The van der Waals surface area contributed by atoms with E-state index in [2.05, 4.69) is 10.4 Å². The molecular formula is C14H18ClN3O3S. The van der Waals surface area contributed by atoms with Gasteiger partial charge in [0.15, 0.2) is 9.84 Å². The third-order valence-electron chi connectivity index (χ3n) is 3.95. The molecule has 3 rings (SSSR count). The Morgan fingerprint density at radius 1 is 1.41 bits per heavy atom. The van der Waals surface area contributed by atoms with Crippen molar-refractivity contribution >= 4 is 33.4 Å². The average molecular weight is 344 g/mol. The molecule has 2 aliphatic rings. The Hall–Kier alpha value is -1.34. The first kappa shape index (κ1) is 15.6. The van der Waals surface area contributed by atoms with Gasteiger partial charge < -0.3 is 5.32 Å². The second-order valence-corrected chi connectivity index (χ2v) is 8.49. The van der Waals surface area contributed by atoms with Crippen LogP contribution < -0.4 is 5.32 Å². The summed E-state index contributed by atoms with van der Waals surface area (Å²) in [4.78, 5) is 11.7. The minimum absolute atomic E-state index is 0.0686. The van der Waals surface area contributed by atoms with Gasteiger partial charge >= 0.3 is 0 Å². The topological polar surface area (TPSA) is 81.1 Å². The van der Waals surface area contributed by atoms with Gasteiger partial charge in [-0.3, -0.25) is 4.79 Å². The van der Waals surface area contributed by atoms with Crippen molar-refractivity contribution in [2.45, 2.75) is 38.3 Å². The summed E-state index contributed by atoms with van der Waals surface area (Å²) in [5.74, 6) is 0.0928. The Kier molecular flexibility index (Phi) is 4.03. The highest BCUT2D eigenvalue weighted by Gasteiger charge is 2.31. The molecule has 1 aliphatic carbocycles. The molecular weight excluding hydrogens is 326 g/mol. The summed E-state index contributed by atoms with van der Waals surface area (Å²) in [6, 6.07) is 0.0822. The summed E-state index contributed by atoms with van der Waals surface area (Å²) >= 11 is 6.33. The van der Waals surface area contributed by atoms with E-state index in [0.29, 0.717) is 28.9 Å². The Labute approximate surface area is 134 Å². The minimum Gasteiger partial charge on any atom is -0.350 e. The Balaban J connectivity index is 1.78. The summed E-state index contributed by atoms with van der Waals surface area (Å²) < 4.78 is 24.7. The smallest absolute Gasteiger partial charge is 0.244 e. The molecule has 22 heavy (non-hydrogen) atoms. The van der Waals surface area contributed by atoms with Crippen LogP contribution in [0.1, 0.15) is 36.6 Å². The van der Waals surface area contributed by atoms with Crippen molar-refractivity contribution in [3.63, 3.8) is 0 Å². The molecule has 0 unspecified atom stereocenters. The average Bonchev–Trinajstić information content (AvgIpc) is 3.10. The van der Waals surface area contributed by atoms with E-state index in [1.54, 1.807) is 17.7 Å². The highest BCUT2D eigenvalue weighted by Crippen LogP contribution is 2.30. The first-order chi connectivity index (χ1) is 10.4. The molecule has 1 aromatic heterocycles. The van der Waals surface area contributed by atoms with E-state index in [1.807, 2.05) is 0 Å². The van der Waals surface area contributed by atoms with Crippen LogP contribution in [0.4, 0.5) is 0 Å². The van der Waals surface area contributed by atoms with E-state index in [4.69, 9.17) is 11.6 Å². The van der Waals surface area contributed by atoms with Gasteiger partial charge in [-0.25, -0.2) is 13.1 Å². The van der Waals surface area contributed by atoms with Gasteiger partial charge in [-0.2, -0.15) is 5.10 Å². The van der Waals surface area contributed by atoms with Crippen LogP contribution >= 0.6 is 11.6 Å². The maximum atomic E-state index is 11.7. The third-order valence-corrected chi connectivity index (χ3v) is 6.08. The van der Waals surface area contributed by atoms with Crippen molar-refractivity contribution < 1.29 is 13.2 Å². The molecule has 1 aliphatic heterocycles. The van der Waals surface area contributed by atoms with Crippen LogP contribution in [0, 0.1) is 6.92 Å². The molecule has 2 heterocycles. The fourth-order valence-corrected chi connectivity index (χ4v) is 4.64. The number of carbonyl (C=O) groups is 1. The number of carbonyl (C=O) groups excluding carboxylic acids is 1. The maximum absolute atomic E-state index is 11.7. The van der Waals surface area contributed by atoms with E-state index >= 15 is 0 Å². The summed E-state index contributed by atoms with van der Waals surface area (Å²) in [5, 5.41) is 7.59. The van der Waals surface area contributed by atoms with Gasteiger partial charge in [0.1, 0.15) is 5.15 Å². The number of aryl methyl sites for hydroxylation is 1. The van der Waals surface area contributed by atoms with E-state index < -0.39 is 9.84 Å². The molecule has 1 amide bonds. The molecule has 6 nitrogen and oxygen atoms in total. The van der Waals surface area contributed by atoms with Crippen LogP contribution in [-0.4, -0.2) is 41.7 Å². The predicted octanol–water partition coefficient (Wildman–Crippen LogP) is 1.50. The first-order valence-electron chi connectivity index (χ1n) is 7.29. The van der Waals surface area contributed by atoms with Crippen molar-refractivity contribution in [2.24, 2.45) is 0 Å². The third kappa shape index (κ3) is 3.35. The van der Waals surface area contributed by atoms with E-state index in [9.17, 15) is 13.2 Å². The highest BCUT2D eigenvalue weighted by atomic mass is 35.5. The van der Waals surface area contributed by atoms with Crippen LogP contribution in [0.5, 0.6) is 0 Å². The monoisotopic (exact) mass is 343 g/mol. The number of nitrogens with one attached hydrogen (secondary N) is 1. The summed E-state index contributed by atoms with van der Waals surface area (Å²) in [6.45, 7) is 1.80. The fourth-order valence-electron chi connectivity index (χ4n) is 2.57. The second kappa shape index (κ2) is 5.70. The molecule has 120 valence electrons. The van der Waals surface area contributed by atoms with E-state index in [-0.39, 0.29) is 23.5 Å². The van der Waals surface area contributed by atoms with Gasteiger partial charge in [-0.15, -0.1) is 0 Å². The number of amides is 1. The predicted molar refractivity (Wildman–Crippen MR) is 84.5 cm³/mol. The molecule has 1 saturated heterocycles. The lowest BCUT2D eigenvalue weighted by atomic mass is 10.2. The van der Waals surface area contributed by atoms with E-state index in [1.165, 1.54) is 6.08 Å². The van der Waals surface area contributed by atoms with Crippen LogP contribution in [-0.2, 0) is 14.6 Å². The number of nitrogens with zero attached hydrogens (tertiary/aromatic N) is 2. The van der Waals surface area contributed by atoms with Crippen LogP contribution in [0.15, 0.2) is 6.08 Å². The van der Waals surface area contributed by atoms with Gasteiger partial charge in [0.05, 0.1) is 23.2 Å². The Bertz CT molecular complexity index is 735. The zero-order chi connectivity index (χ0) is 15.9. The number of rotatable bonds is 4. The maximum Gasteiger partial charge on any atom is 0.244 e. The van der Waals surface area contributed by atoms with Gasteiger partial charge in [0.2, 0.25) is 5.91 Å². The number of hydrogen-bond donors (Lipinski definition) is 1. The standard InChI is InChI=1S/C14H18ClN3O3S/c1-9-12(4-5-13(19)16-10-2-3-10)14(15)18(17-9)11-6-7-22(20,21)8-11/h4-5,10-11H,2-3,6-8H2,1H3,(H,16,19)/b5-4+/t11-/m1/s1. The molecule has 0 bridgehead atoms. The molecule has 2 fully saturated rings. The van der Waals surface area contributed by atoms with Crippen LogP contribution in [0.3, 0.4) is 0 Å². The number of sulfone groups is 1. The zero-order valence-electron chi connectivity index (χ0n) is 12.3. The minimum atomic E-state index is -3.00. The molecule has 0 radical (unpaired) electrons. The molecule has 1 aromatic rings. The molecule has 0 spiro atoms. The van der Waals surface area contributed by atoms with Gasteiger partial charge in [-0.05, 0) is 32.3 Å². The van der Waals surface area contributed by atoms with Gasteiger partial charge in [0, 0.05) is 17.7 Å². The van der Waals surface area contributed by atoms with Crippen molar-refractivity contribution in [1.29, 1.82) is 0 Å². The molecule has 1 N–H and O–H groups in total. The lowest BCUT2D eigenvalue weighted by Gasteiger charge is -2.09. The molecule has 8 heteroatoms. The Morgan fingerprint density at radius 3 is 2.73 bits per heavy atom. The highest BCUT2D eigenvalue weighted by molar-refractivity contribution is 7.91. The zero-order valence-corrected chi connectivity index (χ0v) is 13.8. The summed E-state index contributed by atoms with van der Waals surface area (Å²) in [5.41, 5.74) is 1.35. The normalized spacial score (nSPS) is 24.0. The second-order valence-electron chi connectivity index (χ2n) is 5.91. The largest absolute Gasteiger partial charge is 0.350 e. The van der Waals surface area contributed by atoms with Crippen molar-refractivity contribution in [3.05, 3.63) is 22.5 Å². The molecule has 1 atom stereocenters. The number of hydrogen-bond acceptors (Lipinski definition) is 4. The summed E-state index contributed by atoms with van der Waals surface area (Å²) in [6.07, 6.45) is 5.68. The van der Waals surface area contributed by atoms with E-state index in [0.717, 1.165) is 12.8 Å². The lowest BCUT2D eigenvalue weighted by molar-refractivity contribution is -0.116. The SMILES string of the molecule is Cc1nn([C@@H]2CCS(=O)(=O)C2)c(Cl)c1/C=C/C(=O)NC1CC1. The quantitative estimate of drug-likeness (QED) is 0.840. The van der Waals surface area contributed by atoms with Crippen LogP contribution in [0.25, 0.3) is 6.08 Å². The van der Waals surface area contributed by atoms with Crippen molar-refractivity contribution in [1.82, 2.24) is 15.1 Å².